The predicted octanol–water partition coefficient (Wildman–Crippen LogP) is 4.26. The van der Waals surface area contributed by atoms with Crippen LogP contribution in [0.5, 0.6) is 11.5 Å². The zero-order chi connectivity index (χ0) is 23.5. The molecule has 4 aromatic rings. The van der Waals surface area contributed by atoms with Crippen LogP contribution in [0.4, 0.5) is 0 Å². The van der Waals surface area contributed by atoms with Crippen molar-refractivity contribution in [2.75, 3.05) is 6.79 Å². The van der Waals surface area contributed by atoms with Crippen LogP contribution in [0.15, 0.2) is 67.3 Å². The van der Waals surface area contributed by atoms with Crippen LogP contribution in [-0.4, -0.2) is 21.3 Å². The Hall–Kier alpha value is -4.66. The minimum atomic E-state index is -0.451. The maximum atomic E-state index is 9.45. The van der Waals surface area contributed by atoms with Gasteiger partial charge in [-0.3, -0.25) is 0 Å². The molecule has 8 heteroatoms. The Balaban J connectivity index is 1.49. The van der Waals surface area contributed by atoms with Gasteiger partial charge in [-0.05, 0) is 47.0 Å². The van der Waals surface area contributed by atoms with Crippen LogP contribution in [0, 0.1) is 22.7 Å². The van der Waals surface area contributed by atoms with Crippen molar-refractivity contribution in [1.82, 2.24) is 14.5 Å². The van der Waals surface area contributed by atoms with Gasteiger partial charge >= 0.3 is 0 Å². The van der Waals surface area contributed by atoms with E-state index < -0.39 is 6.10 Å². The molecule has 2 aromatic heterocycles. The molecular weight excluding hydrogens is 430 g/mol. The van der Waals surface area contributed by atoms with Crippen LogP contribution in [-0.2, 0) is 18.4 Å². The van der Waals surface area contributed by atoms with E-state index in [0.29, 0.717) is 22.8 Å². The SMILES string of the molecule is Cn1cncc1C(OCc1ccc(C#N)cc1-c1ccc2c(c1)OCO2)c1ccc(C#N)nc1. The Labute approximate surface area is 196 Å². The zero-order valence-electron chi connectivity index (χ0n) is 18.3. The van der Waals surface area contributed by atoms with Crippen LogP contribution in [0.2, 0.25) is 0 Å². The Bertz CT molecular complexity index is 1430. The summed E-state index contributed by atoms with van der Waals surface area (Å²) >= 11 is 0. The second kappa shape index (κ2) is 9.07. The third kappa shape index (κ3) is 4.06. The van der Waals surface area contributed by atoms with Gasteiger partial charge in [-0.15, -0.1) is 0 Å². The number of rotatable bonds is 6. The van der Waals surface area contributed by atoms with Crippen molar-refractivity contribution in [2.45, 2.75) is 12.7 Å². The van der Waals surface area contributed by atoms with Crippen molar-refractivity contribution in [3.05, 3.63) is 95.3 Å². The average Bonchev–Trinajstić information content (AvgIpc) is 3.53. The first-order valence-electron chi connectivity index (χ1n) is 10.5. The molecule has 8 nitrogen and oxygen atoms in total. The van der Waals surface area contributed by atoms with E-state index in [1.54, 1.807) is 30.9 Å². The second-order valence-electron chi connectivity index (χ2n) is 7.76. The van der Waals surface area contributed by atoms with E-state index in [2.05, 4.69) is 16.0 Å². The summed E-state index contributed by atoms with van der Waals surface area (Å²) in [7, 11) is 1.90. The minimum absolute atomic E-state index is 0.192. The van der Waals surface area contributed by atoms with Crippen LogP contribution >= 0.6 is 0 Å². The summed E-state index contributed by atoms with van der Waals surface area (Å²) in [6.45, 7) is 0.462. The molecule has 1 aliphatic rings. The summed E-state index contributed by atoms with van der Waals surface area (Å²) in [4.78, 5) is 8.43. The summed E-state index contributed by atoms with van der Waals surface area (Å²) in [6.07, 6.45) is 4.66. The maximum Gasteiger partial charge on any atom is 0.231 e. The Morgan fingerprint density at radius 1 is 1.03 bits per heavy atom. The molecule has 1 atom stereocenters. The summed E-state index contributed by atoms with van der Waals surface area (Å²) in [6, 6.07) is 19.0. The summed E-state index contributed by atoms with van der Waals surface area (Å²) in [5.41, 5.74) is 5.23. The highest BCUT2D eigenvalue weighted by atomic mass is 16.7. The highest BCUT2D eigenvalue weighted by Crippen LogP contribution is 2.38. The summed E-state index contributed by atoms with van der Waals surface area (Å²) < 4.78 is 19.3. The lowest BCUT2D eigenvalue weighted by Crippen LogP contribution is -2.11. The number of imidazole rings is 1. The van der Waals surface area contributed by atoms with Crippen molar-refractivity contribution in [2.24, 2.45) is 7.05 Å². The van der Waals surface area contributed by atoms with Crippen molar-refractivity contribution < 1.29 is 14.2 Å². The lowest BCUT2D eigenvalue weighted by Gasteiger charge is -2.20. The quantitative estimate of drug-likeness (QED) is 0.433. The number of ether oxygens (including phenoxy) is 3. The van der Waals surface area contributed by atoms with Crippen LogP contribution < -0.4 is 9.47 Å². The molecule has 2 aromatic carbocycles. The Morgan fingerprint density at radius 2 is 1.91 bits per heavy atom. The molecule has 0 aliphatic carbocycles. The number of benzene rings is 2. The molecule has 0 fully saturated rings. The smallest absolute Gasteiger partial charge is 0.231 e. The summed E-state index contributed by atoms with van der Waals surface area (Å²) in [5, 5.41) is 18.5. The molecule has 166 valence electrons. The molecule has 0 saturated carbocycles. The molecule has 3 heterocycles. The van der Waals surface area contributed by atoms with Crippen molar-refractivity contribution in [3.63, 3.8) is 0 Å². The van der Waals surface area contributed by atoms with Gasteiger partial charge < -0.3 is 18.8 Å². The third-order valence-corrected chi connectivity index (χ3v) is 5.65. The molecule has 0 N–H and O–H groups in total. The number of nitriles is 2. The molecule has 1 unspecified atom stereocenters. The monoisotopic (exact) mass is 449 g/mol. The normalized spacial score (nSPS) is 12.7. The molecule has 34 heavy (non-hydrogen) atoms. The van der Waals surface area contributed by atoms with Gasteiger partial charge in [-0.25, -0.2) is 9.97 Å². The van der Waals surface area contributed by atoms with Crippen LogP contribution in [0.25, 0.3) is 11.1 Å². The van der Waals surface area contributed by atoms with Crippen molar-refractivity contribution in [3.8, 4) is 34.8 Å². The lowest BCUT2D eigenvalue weighted by molar-refractivity contribution is 0.0622. The molecule has 5 rings (SSSR count). The van der Waals surface area contributed by atoms with Crippen LogP contribution in [0.1, 0.15) is 34.2 Å². The van der Waals surface area contributed by atoms with Gasteiger partial charge in [0.2, 0.25) is 6.79 Å². The molecule has 0 spiro atoms. The van der Waals surface area contributed by atoms with Gasteiger partial charge in [-0.2, -0.15) is 10.5 Å². The number of fused-ring (bicyclic) bond motifs is 1. The average molecular weight is 449 g/mol. The topological polar surface area (TPSA) is 106 Å². The van der Waals surface area contributed by atoms with Crippen molar-refractivity contribution >= 4 is 0 Å². The number of hydrogen-bond donors (Lipinski definition) is 0. The fourth-order valence-corrected chi connectivity index (χ4v) is 3.88. The van der Waals surface area contributed by atoms with E-state index in [1.807, 2.05) is 54.1 Å². The van der Waals surface area contributed by atoms with Gasteiger partial charge in [0.05, 0.1) is 36.5 Å². The van der Waals surface area contributed by atoms with E-state index in [0.717, 1.165) is 27.9 Å². The van der Waals surface area contributed by atoms with E-state index >= 15 is 0 Å². The fraction of sp³-hybridized carbons (Fsp3) is 0.154. The van der Waals surface area contributed by atoms with Gasteiger partial charge in [-0.1, -0.05) is 18.2 Å². The Morgan fingerprint density at radius 3 is 2.65 bits per heavy atom. The minimum Gasteiger partial charge on any atom is -0.454 e. The van der Waals surface area contributed by atoms with Gasteiger partial charge in [0.1, 0.15) is 17.9 Å². The number of nitrogens with zero attached hydrogens (tertiary/aromatic N) is 5. The van der Waals surface area contributed by atoms with Gasteiger partial charge in [0.15, 0.2) is 11.5 Å². The molecule has 0 bridgehead atoms. The first kappa shape index (κ1) is 21.2. The first-order chi connectivity index (χ1) is 16.7. The lowest BCUT2D eigenvalue weighted by atomic mass is 9.97. The number of aryl methyl sites for hydroxylation is 1. The largest absolute Gasteiger partial charge is 0.454 e. The standard InChI is InChI=1S/C26H19N5O3/c1-31-15-29-13-23(31)26(19-4-6-21(11-28)30-12-19)32-14-20-3-2-17(10-27)8-22(20)18-5-7-24-25(9-18)34-16-33-24/h2-9,12-13,15,26H,14,16H2,1H3. The number of pyridine rings is 1. The second-order valence-corrected chi connectivity index (χ2v) is 7.76. The predicted molar refractivity (Wildman–Crippen MR) is 122 cm³/mol. The van der Waals surface area contributed by atoms with Crippen molar-refractivity contribution in [1.29, 1.82) is 10.5 Å². The van der Waals surface area contributed by atoms with Gasteiger partial charge in [0.25, 0.3) is 0 Å². The van der Waals surface area contributed by atoms with E-state index in [9.17, 15) is 5.26 Å². The molecule has 0 saturated heterocycles. The number of hydrogen-bond acceptors (Lipinski definition) is 7. The van der Waals surface area contributed by atoms with Gasteiger partial charge in [0, 0.05) is 18.8 Å². The molecule has 0 amide bonds. The molecule has 1 aliphatic heterocycles. The molecular formula is C26H19N5O3. The zero-order valence-corrected chi connectivity index (χ0v) is 18.3. The van der Waals surface area contributed by atoms with E-state index in [4.69, 9.17) is 19.5 Å². The van der Waals surface area contributed by atoms with E-state index in [-0.39, 0.29) is 13.4 Å². The summed E-state index contributed by atoms with van der Waals surface area (Å²) in [5.74, 6) is 1.37. The Kier molecular flexibility index (Phi) is 5.65. The highest BCUT2D eigenvalue weighted by Gasteiger charge is 2.21. The highest BCUT2D eigenvalue weighted by molar-refractivity contribution is 5.72. The fourth-order valence-electron chi connectivity index (χ4n) is 3.88. The van der Waals surface area contributed by atoms with Crippen LogP contribution in [0.3, 0.4) is 0 Å². The maximum absolute atomic E-state index is 9.45. The third-order valence-electron chi connectivity index (χ3n) is 5.65. The number of aromatic nitrogens is 3. The van der Waals surface area contributed by atoms with E-state index in [1.165, 1.54) is 0 Å². The first-order valence-corrected chi connectivity index (χ1v) is 10.5. The molecule has 0 radical (unpaired) electrons.